The lowest BCUT2D eigenvalue weighted by Gasteiger charge is -2.50. The zero-order chi connectivity index (χ0) is 9.73. The molecule has 1 heteroatoms. The van der Waals surface area contributed by atoms with Gasteiger partial charge in [0.05, 0.1) is 0 Å². The van der Waals surface area contributed by atoms with Crippen LogP contribution in [-0.2, 0) is 0 Å². The van der Waals surface area contributed by atoms with Gasteiger partial charge in [0.15, 0.2) is 0 Å². The third kappa shape index (κ3) is 2.70. The van der Waals surface area contributed by atoms with Crippen molar-refractivity contribution in [3.8, 4) is 0 Å². The minimum Gasteiger partial charge on any atom is -0.302 e. The van der Waals surface area contributed by atoms with Crippen molar-refractivity contribution in [2.24, 2.45) is 5.41 Å². The summed E-state index contributed by atoms with van der Waals surface area (Å²) in [4.78, 5) is 2.57. The number of rotatable bonds is 6. The van der Waals surface area contributed by atoms with E-state index < -0.39 is 0 Å². The summed E-state index contributed by atoms with van der Waals surface area (Å²) in [5, 5.41) is 0. The van der Waals surface area contributed by atoms with E-state index in [0.717, 1.165) is 5.41 Å². The Bertz CT molecular complexity index is 131. The molecule has 0 bridgehead atoms. The van der Waals surface area contributed by atoms with Gasteiger partial charge >= 0.3 is 0 Å². The summed E-state index contributed by atoms with van der Waals surface area (Å²) in [5.41, 5.74) is 0.723. The van der Waals surface area contributed by atoms with E-state index in [-0.39, 0.29) is 0 Å². The van der Waals surface area contributed by atoms with Crippen LogP contribution < -0.4 is 0 Å². The molecular formula is C12H25N. The third-order valence-electron chi connectivity index (χ3n) is 3.41. The van der Waals surface area contributed by atoms with Crippen molar-refractivity contribution in [1.82, 2.24) is 4.90 Å². The lowest BCUT2D eigenvalue weighted by molar-refractivity contribution is -0.0114. The van der Waals surface area contributed by atoms with Gasteiger partial charge in [0.1, 0.15) is 0 Å². The van der Waals surface area contributed by atoms with Crippen molar-refractivity contribution in [2.45, 2.75) is 52.9 Å². The number of hydrogen-bond acceptors (Lipinski definition) is 1. The highest BCUT2D eigenvalue weighted by Gasteiger charge is 2.40. The summed E-state index contributed by atoms with van der Waals surface area (Å²) in [6.45, 7) is 10.9. The van der Waals surface area contributed by atoms with Gasteiger partial charge in [-0.25, -0.2) is 0 Å². The molecule has 0 radical (unpaired) electrons. The molecule has 0 amide bonds. The SMILES string of the molecule is CCCCC1(CCC)CN(CC)C1. The highest BCUT2D eigenvalue weighted by Crippen LogP contribution is 2.39. The molecule has 0 aromatic carbocycles. The molecule has 1 saturated heterocycles. The van der Waals surface area contributed by atoms with Crippen LogP contribution in [0, 0.1) is 5.41 Å². The molecule has 0 atom stereocenters. The molecule has 0 saturated carbocycles. The Labute approximate surface area is 83.5 Å². The van der Waals surface area contributed by atoms with Gasteiger partial charge in [0.2, 0.25) is 0 Å². The molecule has 1 nitrogen and oxygen atoms in total. The van der Waals surface area contributed by atoms with E-state index >= 15 is 0 Å². The Kier molecular flexibility index (Phi) is 4.24. The molecule has 0 N–H and O–H groups in total. The summed E-state index contributed by atoms with van der Waals surface area (Å²) in [6, 6.07) is 0. The van der Waals surface area contributed by atoms with Crippen LogP contribution in [0.4, 0.5) is 0 Å². The molecule has 1 aliphatic heterocycles. The van der Waals surface area contributed by atoms with E-state index in [1.54, 1.807) is 0 Å². The number of likely N-dealkylation sites (tertiary alicyclic amines) is 1. The Morgan fingerprint density at radius 2 is 1.69 bits per heavy atom. The molecule has 78 valence electrons. The van der Waals surface area contributed by atoms with Gasteiger partial charge in [0.25, 0.3) is 0 Å². The normalized spacial score (nSPS) is 21.5. The summed E-state index contributed by atoms with van der Waals surface area (Å²) in [7, 11) is 0. The van der Waals surface area contributed by atoms with Crippen molar-refractivity contribution in [3.63, 3.8) is 0 Å². The van der Waals surface area contributed by atoms with Crippen LogP contribution in [0.25, 0.3) is 0 Å². The molecule has 0 aromatic rings. The molecular weight excluding hydrogens is 158 g/mol. The van der Waals surface area contributed by atoms with E-state index in [2.05, 4.69) is 25.7 Å². The second kappa shape index (κ2) is 4.99. The highest BCUT2D eigenvalue weighted by atomic mass is 15.2. The predicted octanol–water partition coefficient (Wildman–Crippen LogP) is 3.30. The molecule has 0 unspecified atom stereocenters. The van der Waals surface area contributed by atoms with Crippen LogP contribution in [0.15, 0.2) is 0 Å². The topological polar surface area (TPSA) is 3.24 Å². The standard InChI is InChI=1S/C12H25N/c1-4-7-9-12(8-5-2)10-13(6-3)11-12/h4-11H2,1-3H3. The van der Waals surface area contributed by atoms with Crippen molar-refractivity contribution in [3.05, 3.63) is 0 Å². The van der Waals surface area contributed by atoms with Crippen LogP contribution >= 0.6 is 0 Å². The first-order valence-corrected chi connectivity index (χ1v) is 5.98. The number of hydrogen-bond donors (Lipinski definition) is 0. The molecule has 1 heterocycles. The maximum atomic E-state index is 2.57. The summed E-state index contributed by atoms with van der Waals surface area (Å²) in [6.07, 6.45) is 7.06. The van der Waals surface area contributed by atoms with E-state index in [1.165, 1.54) is 51.7 Å². The lowest BCUT2D eigenvalue weighted by atomic mass is 9.72. The van der Waals surface area contributed by atoms with E-state index in [9.17, 15) is 0 Å². The van der Waals surface area contributed by atoms with Gasteiger partial charge in [-0.1, -0.05) is 40.0 Å². The average molecular weight is 183 g/mol. The molecule has 1 aliphatic rings. The molecule has 0 spiro atoms. The van der Waals surface area contributed by atoms with Crippen molar-refractivity contribution < 1.29 is 0 Å². The zero-order valence-corrected chi connectivity index (χ0v) is 9.60. The predicted molar refractivity (Wildman–Crippen MR) is 59.0 cm³/mol. The first-order valence-electron chi connectivity index (χ1n) is 5.98. The molecule has 13 heavy (non-hydrogen) atoms. The fraction of sp³-hybridized carbons (Fsp3) is 1.00. The first kappa shape index (κ1) is 11.0. The highest BCUT2D eigenvalue weighted by molar-refractivity contribution is 4.93. The Morgan fingerprint density at radius 3 is 2.15 bits per heavy atom. The zero-order valence-electron chi connectivity index (χ0n) is 9.60. The molecule has 1 fully saturated rings. The van der Waals surface area contributed by atoms with Crippen LogP contribution in [0.1, 0.15) is 52.9 Å². The Balaban J connectivity index is 2.30. The van der Waals surface area contributed by atoms with Gasteiger partial charge in [-0.2, -0.15) is 0 Å². The second-order valence-corrected chi connectivity index (χ2v) is 4.66. The van der Waals surface area contributed by atoms with Gasteiger partial charge in [-0.3, -0.25) is 0 Å². The smallest absolute Gasteiger partial charge is 0.00504 e. The van der Waals surface area contributed by atoms with E-state index in [1.807, 2.05) is 0 Å². The van der Waals surface area contributed by atoms with Crippen LogP contribution in [-0.4, -0.2) is 24.5 Å². The molecule has 0 aliphatic carbocycles. The van der Waals surface area contributed by atoms with Crippen molar-refractivity contribution in [1.29, 1.82) is 0 Å². The Hall–Kier alpha value is -0.0400. The largest absolute Gasteiger partial charge is 0.302 e. The molecule has 1 rings (SSSR count). The quantitative estimate of drug-likeness (QED) is 0.610. The second-order valence-electron chi connectivity index (χ2n) is 4.66. The maximum absolute atomic E-state index is 2.57. The number of nitrogens with zero attached hydrogens (tertiary/aromatic N) is 1. The van der Waals surface area contributed by atoms with Crippen LogP contribution in [0.3, 0.4) is 0 Å². The van der Waals surface area contributed by atoms with Gasteiger partial charge < -0.3 is 4.90 Å². The number of unbranched alkanes of at least 4 members (excludes halogenated alkanes) is 1. The van der Waals surface area contributed by atoms with Gasteiger partial charge in [-0.05, 0) is 24.8 Å². The minimum absolute atomic E-state index is 0.723. The monoisotopic (exact) mass is 183 g/mol. The Morgan fingerprint density at radius 1 is 1.00 bits per heavy atom. The third-order valence-corrected chi connectivity index (χ3v) is 3.41. The van der Waals surface area contributed by atoms with Crippen molar-refractivity contribution >= 4 is 0 Å². The fourth-order valence-electron chi connectivity index (χ4n) is 2.65. The summed E-state index contributed by atoms with van der Waals surface area (Å²) < 4.78 is 0. The molecule has 0 aromatic heterocycles. The van der Waals surface area contributed by atoms with Crippen LogP contribution in [0.5, 0.6) is 0 Å². The lowest BCUT2D eigenvalue weighted by Crippen LogP contribution is -2.55. The average Bonchev–Trinajstić information content (AvgIpc) is 2.08. The van der Waals surface area contributed by atoms with Gasteiger partial charge in [0, 0.05) is 13.1 Å². The maximum Gasteiger partial charge on any atom is 0.00504 e. The summed E-state index contributed by atoms with van der Waals surface area (Å²) in [5.74, 6) is 0. The van der Waals surface area contributed by atoms with Crippen LogP contribution in [0.2, 0.25) is 0 Å². The minimum atomic E-state index is 0.723. The first-order chi connectivity index (χ1) is 6.26. The summed E-state index contributed by atoms with van der Waals surface area (Å²) >= 11 is 0. The van der Waals surface area contributed by atoms with Gasteiger partial charge in [-0.15, -0.1) is 0 Å². The fourth-order valence-corrected chi connectivity index (χ4v) is 2.65. The van der Waals surface area contributed by atoms with Crippen molar-refractivity contribution in [2.75, 3.05) is 19.6 Å². The van der Waals surface area contributed by atoms with E-state index in [0.29, 0.717) is 0 Å². The van der Waals surface area contributed by atoms with E-state index in [4.69, 9.17) is 0 Å².